The average molecular weight is 317 g/mol. The molecule has 5 heteroatoms. The molecular weight excluding hydrogens is 300 g/mol. The van der Waals surface area contributed by atoms with Gasteiger partial charge in [0.25, 0.3) is 0 Å². The number of hydrogen-bond acceptors (Lipinski definition) is 3. The molecule has 0 heterocycles. The molecule has 0 aromatic heterocycles. The van der Waals surface area contributed by atoms with Gasteiger partial charge in [0, 0.05) is 5.56 Å². The van der Waals surface area contributed by atoms with Crippen LogP contribution in [-0.2, 0) is 11.2 Å². The van der Waals surface area contributed by atoms with Crippen LogP contribution in [0.4, 0.5) is 0 Å². The molecule has 1 atom stereocenters. The van der Waals surface area contributed by atoms with E-state index in [1.54, 1.807) is 21.1 Å². The topological polar surface area (TPSA) is 55.8 Å². The Kier molecular flexibility index (Phi) is 5.02. The first-order valence-corrected chi connectivity index (χ1v) is 6.34. The molecule has 0 spiro atoms. The fourth-order valence-corrected chi connectivity index (χ4v) is 2.51. The summed E-state index contributed by atoms with van der Waals surface area (Å²) in [5, 5.41) is 9.00. The lowest BCUT2D eigenvalue weighted by atomic mass is 9.96. The molecule has 18 heavy (non-hydrogen) atoms. The Balaban J connectivity index is 3.29. The van der Waals surface area contributed by atoms with E-state index in [9.17, 15) is 4.79 Å². The second kappa shape index (κ2) is 6.09. The van der Waals surface area contributed by atoms with Gasteiger partial charge < -0.3 is 14.6 Å². The van der Waals surface area contributed by atoms with Crippen LogP contribution < -0.4 is 9.47 Å². The molecule has 0 amide bonds. The van der Waals surface area contributed by atoms with E-state index in [2.05, 4.69) is 15.9 Å². The van der Waals surface area contributed by atoms with Crippen LogP contribution in [0.25, 0.3) is 0 Å². The van der Waals surface area contributed by atoms with Crippen LogP contribution in [0.3, 0.4) is 0 Å². The molecule has 0 bridgehead atoms. The number of benzene rings is 1. The molecule has 0 saturated carbocycles. The normalized spacial score (nSPS) is 12.1. The summed E-state index contributed by atoms with van der Waals surface area (Å²) in [5.41, 5.74) is 1.85. The van der Waals surface area contributed by atoms with Crippen molar-refractivity contribution in [1.29, 1.82) is 0 Å². The van der Waals surface area contributed by atoms with Crippen molar-refractivity contribution in [2.45, 2.75) is 20.3 Å². The molecule has 0 saturated heterocycles. The lowest BCUT2D eigenvalue weighted by molar-refractivity contribution is -0.141. The van der Waals surface area contributed by atoms with Crippen LogP contribution >= 0.6 is 15.9 Å². The van der Waals surface area contributed by atoms with Crippen LogP contribution in [-0.4, -0.2) is 25.3 Å². The zero-order valence-electron chi connectivity index (χ0n) is 10.9. The van der Waals surface area contributed by atoms with E-state index in [-0.39, 0.29) is 0 Å². The molecule has 1 aromatic rings. The monoisotopic (exact) mass is 316 g/mol. The number of carboxylic acid groups (broad SMARTS) is 1. The molecule has 0 aliphatic rings. The minimum absolute atomic E-state index is 0.411. The second-order valence-corrected chi connectivity index (χ2v) is 5.02. The third kappa shape index (κ3) is 2.96. The molecule has 0 radical (unpaired) electrons. The van der Waals surface area contributed by atoms with E-state index in [4.69, 9.17) is 14.6 Å². The largest absolute Gasteiger partial charge is 0.493 e. The van der Waals surface area contributed by atoms with Crippen molar-refractivity contribution in [2.24, 2.45) is 5.92 Å². The summed E-state index contributed by atoms with van der Waals surface area (Å²) >= 11 is 3.41. The molecular formula is C13H17BrO4. The van der Waals surface area contributed by atoms with Gasteiger partial charge in [-0.3, -0.25) is 4.79 Å². The van der Waals surface area contributed by atoms with Gasteiger partial charge in [-0.15, -0.1) is 0 Å². The Labute approximate surface area is 115 Å². The summed E-state index contributed by atoms with van der Waals surface area (Å²) in [4.78, 5) is 11.0. The molecule has 0 aliphatic carbocycles. The highest BCUT2D eigenvalue weighted by atomic mass is 79.9. The van der Waals surface area contributed by atoms with Gasteiger partial charge in [0.15, 0.2) is 11.5 Å². The fraction of sp³-hybridized carbons (Fsp3) is 0.462. The summed E-state index contributed by atoms with van der Waals surface area (Å²) in [6.45, 7) is 3.60. The van der Waals surface area contributed by atoms with Gasteiger partial charge in [-0.2, -0.15) is 0 Å². The highest BCUT2D eigenvalue weighted by molar-refractivity contribution is 9.10. The maximum absolute atomic E-state index is 11.0. The van der Waals surface area contributed by atoms with Crippen molar-refractivity contribution in [3.8, 4) is 11.5 Å². The molecule has 0 aliphatic heterocycles. The zero-order valence-corrected chi connectivity index (χ0v) is 12.5. The van der Waals surface area contributed by atoms with Crippen molar-refractivity contribution in [2.75, 3.05) is 14.2 Å². The van der Waals surface area contributed by atoms with E-state index in [0.29, 0.717) is 17.9 Å². The summed E-state index contributed by atoms with van der Waals surface area (Å²) in [6, 6.07) is 1.91. The Bertz CT molecular complexity index is 457. The van der Waals surface area contributed by atoms with Crippen LogP contribution in [0, 0.1) is 12.8 Å². The van der Waals surface area contributed by atoms with Gasteiger partial charge in [0.1, 0.15) is 0 Å². The quantitative estimate of drug-likeness (QED) is 0.907. The van der Waals surface area contributed by atoms with Gasteiger partial charge >= 0.3 is 5.97 Å². The Morgan fingerprint density at radius 2 is 1.94 bits per heavy atom. The molecule has 1 rings (SSSR count). The summed E-state index contributed by atoms with van der Waals surface area (Å²) < 4.78 is 11.4. The number of halogens is 1. The van der Waals surface area contributed by atoms with Crippen LogP contribution in [0.15, 0.2) is 10.5 Å². The predicted octanol–water partition coefficient (Wildman–Crippen LogP) is 3.04. The first-order valence-electron chi connectivity index (χ1n) is 5.55. The summed E-state index contributed by atoms with van der Waals surface area (Å²) in [5.74, 6) is -0.102. The Morgan fingerprint density at radius 1 is 1.39 bits per heavy atom. The molecule has 4 nitrogen and oxygen atoms in total. The lowest BCUT2D eigenvalue weighted by Crippen LogP contribution is -2.14. The second-order valence-electron chi connectivity index (χ2n) is 4.16. The number of carbonyl (C=O) groups is 1. The first kappa shape index (κ1) is 14.8. The van der Waals surface area contributed by atoms with E-state index < -0.39 is 11.9 Å². The van der Waals surface area contributed by atoms with Crippen LogP contribution in [0.2, 0.25) is 0 Å². The van der Waals surface area contributed by atoms with Gasteiger partial charge in [-0.05, 0) is 40.9 Å². The third-order valence-electron chi connectivity index (χ3n) is 2.86. The summed E-state index contributed by atoms with van der Waals surface area (Å²) in [6.07, 6.45) is 0.411. The highest BCUT2D eigenvalue weighted by Gasteiger charge is 2.21. The molecule has 1 unspecified atom stereocenters. The Hall–Kier alpha value is -1.23. The molecule has 1 N–H and O–H groups in total. The molecule has 0 fully saturated rings. The van der Waals surface area contributed by atoms with Gasteiger partial charge in [-0.1, -0.05) is 6.92 Å². The number of methoxy groups -OCH3 is 2. The van der Waals surface area contributed by atoms with Crippen molar-refractivity contribution >= 4 is 21.9 Å². The zero-order chi connectivity index (χ0) is 13.9. The number of hydrogen-bond donors (Lipinski definition) is 1. The highest BCUT2D eigenvalue weighted by Crippen LogP contribution is 2.40. The van der Waals surface area contributed by atoms with Gasteiger partial charge in [0.2, 0.25) is 0 Å². The van der Waals surface area contributed by atoms with Crippen molar-refractivity contribution in [1.82, 2.24) is 0 Å². The minimum atomic E-state index is -0.821. The Morgan fingerprint density at radius 3 is 2.39 bits per heavy atom. The predicted molar refractivity (Wildman–Crippen MR) is 72.5 cm³/mol. The summed E-state index contributed by atoms with van der Waals surface area (Å²) in [7, 11) is 3.11. The molecule has 100 valence electrons. The average Bonchev–Trinajstić information content (AvgIpc) is 2.31. The lowest BCUT2D eigenvalue weighted by Gasteiger charge is -2.18. The standard InChI is InChI=1S/C13H17BrO4/c1-7-6-10(14)12(18-4)11(17-3)9(7)5-8(2)13(15)16/h6,8H,5H2,1-4H3,(H,15,16). The van der Waals surface area contributed by atoms with Crippen molar-refractivity contribution in [3.05, 3.63) is 21.7 Å². The van der Waals surface area contributed by atoms with Gasteiger partial charge in [-0.25, -0.2) is 0 Å². The number of carboxylic acids is 1. The van der Waals surface area contributed by atoms with Crippen LogP contribution in [0.5, 0.6) is 11.5 Å². The third-order valence-corrected chi connectivity index (χ3v) is 3.45. The maximum atomic E-state index is 11.0. The minimum Gasteiger partial charge on any atom is -0.493 e. The van der Waals surface area contributed by atoms with E-state index >= 15 is 0 Å². The van der Waals surface area contributed by atoms with Crippen molar-refractivity contribution < 1.29 is 19.4 Å². The molecule has 1 aromatic carbocycles. The number of aryl methyl sites for hydroxylation is 1. The van der Waals surface area contributed by atoms with Crippen LogP contribution in [0.1, 0.15) is 18.1 Å². The number of ether oxygens (including phenoxy) is 2. The number of aliphatic carboxylic acids is 1. The van der Waals surface area contributed by atoms with E-state index in [1.807, 2.05) is 13.0 Å². The van der Waals surface area contributed by atoms with Crippen molar-refractivity contribution in [3.63, 3.8) is 0 Å². The fourth-order valence-electron chi connectivity index (χ4n) is 1.82. The van der Waals surface area contributed by atoms with Gasteiger partial charge in [0.05, 0.1) is 24.6 Å². The maximum Gasteiger partial charge on any atom is 0.306 e. The first-order chi connectivity index (χ1) is 8.42. The van der Waals surface area contributed by atoms with E-state index in [1.165, 1.54) is 0 Å². The SMILES string of the molecule is COc1c(Br)cc(C)c(CC(C)C(=O)O)c1OC. The smallest absolute Gasteiger partial charge is 0.306 e. The number of rotatable bonds is 5. The van der Waals surface area contributed by atoms with E-state index in [0.717, 1.165) is 15.6 Å².